The van der Waals surface area contributed by atoms with Gasteiger partial charge in [0.2, 0.25) is 5.91 Å². The van der Waals surface area contributed by atoms with Gasteiger partial charge >= 0.3 is 0 Å². The number of nitrogens with zero attached hydrogens (tertiary/aromatic N) is 1. The Labute approximate surface area is 103 Å². The molecule has 1 unspecified atom stereocenters. The van der Waals surface area contributed by atoms with Gasteiger partial charge in [-0.05, 0) is 19.3 Å². The zero-order chi connectivity index (χ0) is 12.1. The van der Waals surface area contributed by atoms with E-state index in [1.807, 2.05) is 18.9 Å². The maximum atomic E-state index is 12.2. The lowest BCUT2D eigenvalue weighted by molar-refractivity contribution is -0.134. The molecule has 0 saturated heterocycles. The number of carbonyl (C=O) groups excluding carboxylic acids is 1. The van der Waals surface area contributed by atoms with Gasteiger partial charge in [0.05, 0.1) is 10.9 Å². The molecule has 1 aliphatic carbocycles. The number of carbonyl (C=O) groups is 1. The molecule has 16 heavy (non-hydrogen) atoms. The summed E-state index contributed by atoms with van der Waals surface area (Å²) in [5.74, 6) is -0.177. The summed E-state index contributed by atoms with van der Waals surface area (Å²) in [5, 5.41) is 0. The van der Waals surface area contributed by atoms with E-state index < -0.39 is 0 Å². The summed E-state index contributed by atoms with van der Waals surface area (Å²) in [4.78, 5) is 14.4. The topological polar surface area (TPSA) is 46.3 Å². The summed E-state index contributed by atoms with van der Waals surface area (Å²) in [6, 6.07) is 0.393. The van der Waals surface area contributed by atoms with Crippen LogP contribution in [0.4, 0.5) is 0 Å². The van der Waals surface area contributed by atoms with Crippen molar-refractivity contribution < 1.29 is 4.79 Å². The van der Waals surface area contributed by atoms with Crippen molar-refractivity contribution in [3.63, 3.8) is 0 Å². The highest BCUT2D eigenvalue weighted by atomic mass is 32.1. The molecule has 0 aliphatic heterocycles. The molecule has 1 aliphatic rings. The third-order valence-corrected chi connectivity index (χ3v) is 3.80. The van der Waals surface area contributed by atoms with Crippen LogP contribution in [0.2, 0.25) is 0 Å². The first-order valence-corrected chi connectivity index (χ1v) is 6.54. The summed E-state index contributed by atoms with van der Waals surface area (Å²) in [6.45, 7) is 1.95. The second kappa shape index (κ2) is 6.18. The Kier molecular flexibility index (Phi) is 5.19. The van der Waals surface area contributed by atoms with Crippen molar-refractivity contribution in [3.05, 3.63) is 0 Å². The molecule has 1 amide bonds. The molecule has 3 nitrogen and oxygen atoms in total. The monoisotopic (exact) mass is 242 g/mol. The lowest BCUT2D eigenvalue weighted by atomic mass is 9.93. The van der Waals surface area contributed by atoms with E-state index in [9.17, 15) is 4.79 Å². The van der Waals surface area contributed by atoms with Gasteiger partial charge in [-0.2, -0.15) is 0 Å². The van der Waals surface area contributed by atoms with E-state index in [4.69, 9.17) is 18.0 Å². The van der Waals surface area contributed by atoms with Gasteiger partial charge in [0.1, 0.15) is 0 Å². The van der Waals surface area contributed by atoms with Gasteiger partial charge in [-0.15, -0.1) is 0 Å². The predicted octanol–water partition coefficient (Wildman–Crippen LogP) is 2.09. The Morgan fingerprint density at radius 1 is 1.44 bits per heavy atom. The lowest BCUT2D eigenvalue weighted by Crippen LogP contribution is -2.44. The van der Waals surface area contributed by atoms with E-state index in [-0.39, 0.29) is 11.8 Å². The number of nitrogens with two attached hydrogens (primary N) is 1. The van der Waals surface area contributed by atoms with Crippen LogP contribution in [0, 0.1) is 5.92 Å². The smallest absolute Gasteiger partial charge is 0.232 e. The predicted molar refractivity (Wildman–Crippen MR) is 70.2 cm³/mol. The van der Waals surface area contributed by atoms with Crippen LogP contribution in [0.15, 0.2) is 0 Å². The summed E-state index contributed by atoms with van der Waals surface area (Å²) in [5.41, 5.74) is 5.60. The number of hydrogen-bond donors (Lipinski definition) is 1. The van der Waals surface area contributed by atoms with Crippen LogP contribution in [0.1, 0.15) is 45.4 Å². The minimum atomic E-state index is -0.276. The highest BCUT2D eigenvalue weighted by Gasteiger charge is 2.28. The van der Waals surface area contributed by atoms with E-state index in [0.717, 1.165) is 12.8 Å². The van der Waals surface area contributed by atoms with Gasteiger partial charge in [-0.25, -0.2) is 0 Å². The highest BCUT2D eigenvalue weighted by Crippen LogP contribution is 2.23. The normalized spacial score (nSPS) is 19.1. The molecule has 1 atom stereocenters. The molecule has 1 rings (SSSR count). The van der Waals surface area contributed by atoms with Crippen LogP contribution < -0.4 is 5.73 Å². The molecular formula is C12H22N2OS. The van der Waals surface area contributed by atoms with Crippen LogP contribution in [0.25, 0.3) is 0 Å². The van der Waals surface area contributed by atoms with Crippen molar-refractivity contribution in [2.24, 2.45) is 11.7 Å². The van der Waals surface area contributed by atoms with E-state index in [2.05, 4.69) is 0 Å². The molecule has 0 spiro atoms. The molecule has 1 fully saturated rings. The van der Waals surface area contributed by atoms with Gasteiger partial charge in [0.15, 0.2) is 0 Å². The molecule has 0 heterocycles. The number of hydrogen-bond acceptors (Lipinski definition) is 2. The molecule has 1 saturated carbocycles. The zero-order valence-corrected chi connectivity index (χ0v) is 11.1. The molecule has 0 radical (unpaired) electrons. The standard InChI is InChI=1S/C12H22N2OS/c1-3-10(11(13)16)12(15)14(2)9-7-5-4-6-8-9/h9-10H,3-8H2,1-2H3,(H2,13,16). The Hall–Kier alpha value is -0.640. The summed E-state index contributed by atoms with van der Waals surface area (Å²) < 4.78 is 0. The lowest BCUT2D eigenvalue weighted by Gasteiger charge is -2.33. The van der Waals surface area contributed by atoms with Crippen molar-refractivity contribution in [2.45, 2.75) is 51.5 Å². The van der Waals surface area contributed by atoms with E-state index in [1.165, 1.54) is 19.3 Å². The Morgan fingerprint density at radius 2 is 2.00 bits per heavy atom. The van der Waals surface area contributed by atoms with Crippen LogP contribution in [-0.2, 0) is 4.79 Å². The van der Waals surface area contributed by atoms with Crippen LogP contribution >= 0.6 is 12.2 Å². The minimum absolute atomic E-state index is 0.0990. The van der Waals surface area contributed by atoms with Gasteiger partial charge in [0, 0.05) is 13.1 Å². The third-order valence-electron chi connectivity index (χ3n) is 3.52. The molecule has 4 heteroatoms. The molecule has 0 aromatic carbocycles. The summed E-state index contributed by atoms with van der Waals surface area (Å²) >= 11 is 4.94. The first-order valence-electron chi connectivity index (χ1n) is 6.14. The third kappa shape index (κ3) is 3.17. The summed E-state index contributed by atoms with van der Waals surface area (Å²) in [7, 11) is 1.89. The average molecular weight is 242 g/mol. The van der Waals surface area contributed by atoms with Crippen molar-refractivity contribution in [3.8, 4) is 0 Å². The Morgan fingerprint density at radius 3 is 2.44 bits per heavy atom. The van der Waals surface area contributed by atoms with Crippen molar-refractivity contribution >= 4 is 23.1 Å². The Balaban J connectivity index is 2.60. The Bertz CT molecular complexity index is 262. The van der Waals surface area contributed by atoms with Crippen LogP contribution in [0.3, 0.4) is 0 Å². The molecule has 0 bridgehead atoms. The van der Waals surface area contributed by atoms with Crippen LogP contribution in [-0.4, -0.2) is 28.9 Å². The average Bonchev–Trinajstić information content (AvgIpc) is 2.29. The second-order valence-electron chi connectivity index (χ2n) is 4.60. The van der Waals surface area contributed by atoms with E-state index in [1.54, 1.807) is 0 Å². The van der Waals surface area contributed by atoms with Crippen molar-refractivity contribution in [2.75, 3.05) is 7.05 Å². The highest BCUT2D eigenvalue weighted by molar-refractivity contribution is 7.80. The number of thiocarbonyl (C=S) groups is 1. The maximum absolute atomic E-state index is 12.2. The molecular weight excluding hydrogens is 220 g/mol. The van der Waals surface area contributed by atoms with Gasteiger partial charge in [-0.1, -0.05) is 38.4 Å². The van der Waals surface area contributed by atoms with E-state index in [0.29, 0.717) is 17.5 Å². The fourth-order valence-electron chi connectivity index (χ4n) is 2.39. The van der Waals surface area contributed by atoms with Gasteiger partial charge in [0.25, 0.3) is 0 Å². The first kappa shape index (κ1) is 13.4. The molecule has 0 aromatic rings. The number of rotatable bonds is 4. The number of amides is 1. The van der Waals surface area contributed by atoms with Crippen LogP contribution in [0.5, 0.6) is 0 Å². The zero-order valence-electron chi connectivity index (χ0n) is 10.2. The van der Waals surface area contributed by atoms with Gasteiger partial charge in [-0.3, -0.25) is 4.79 Å². The van der Waals surface area contributed by atoms with E-state index >= 15 is 0 Å². The SMILES string of the molecule is CCC(C(=O)N(C)C1CCCCC1)C(N)=S. The largest absolute Gasteiger partial charge is 0.393 e. The second-order valence-corrected chi connectivity index (χ2v) is 5.08. The van der Waals surface area contributed by atoms with Crippen molar-refractivity contribution in [1.82, 2.24) is 4.90 Å². The molecule has 92 valence electrons. The fourth-order valence-corrected chi connectivity index (χ4v) is 2.66. The van der Waals surface area contributed by atoms with Crippen molar-refractivity contribution in [1.29, 1.82) is 0 Å². The molecule has 0 aromatic heterocycles. The summed E-state index contributed by atoms with van der Waals surface area (Å²) in [6.07, 6.45) is 6.70. The van der Waals surface area contributed by atoms with Gasteiger partial charge < -0.3 is 10.6 Å². The minimum Gasteiger partial charge on any atom is -0.393 e. The molecule has 2 N–H and O–H groups in total. The first-order chi connectivity index (χ1) is 7.57. The maximum Gasteiger partial charge on any atom is 0.232 e. The quantitative estimate of drug-likeness (QED) is 0.768. The fraction of sp³-hybridized carbons (Fsp3) is 0.833.